The summed E-state index contributed by atoms with van der Waals surface area (Å²) < 4.78 is 2.20. The summed E-state index contributed by atoms with van der Waals surface area (Å²) in [5, 5.41) is 10.3. The largest absolute Gasteiger partial charge is 0.481 e. The summed E-state index contributed by atoms with van der Waals surface area (Å²) in [7, 11) is 0. The average molecular weight is 245 g/mol. The molecule has 0 aliphatic carbocycles. The first-order chi connectivity index (χ1) is 8.54. The zero-order valence-electron chi connectivity index (χ0n) is 11.1. The molecule has 1 unspecified atom stereocenters. The molecule has 0 radical (unpaired) electrons. The average Bonchev–Trinajstić information content (AvgIpc) is 2.67. The van der Waals surface area contributed by atoms with Crippen LogP contribution in [0.5, 0.6) is 0 Å². The van der Waals surface area contributed by atoms with E-state index in [0.29, 0.717) is 6.42 Å². The zero-order chi connectivity index (χ0) is 13.3. The molecule has 96 valence electrons. The van der Waals surface area contributed by atoms with Crippen molar-refractivity contribution < 1.29 is 9.90 Å². The number of carboxylic acid groups (broad SMARTS) is 1. The molecule has 1 aromatic carbocycles. The van der Waals surface area contributed by atoms with Crippen LogP contribution in [0.4, 0.5) is 0 Å². The van der Waals surface area contributed by atoms with Crippen molar-refractivity contribution in [3.8, 4) is 0 Å². The molecule has 0 spiro atoms. The Morgan fingerprint density at radius 3 is 2.78 bits per heavy atom. The Kier molecular flexibility index (Phi) is 3.41. The maximum absolute atomic E-state index is 11.0. The Hall–Kier alpha value is -1.77. The van der Waals surface area contributed by atoms with Crippen molar-refractivity contribution in [3.05, 3.63) is 35.5 Å². The fourth-order valence-electron chi connectivity index (χ4n) is 2.45. The standard InChI is InChI=1S/C15H19NO2/c1-4-16-9-11(3)13-7-5-6-12(14(13)16)8-10(2)15(17)18/h5-7,9-10H,4,8H2,1-3H3,(H,17,18). The third-order valence-corrected chi connectivity index (χ3v) is 3.47. The van der Waals surface area contributed by atoms with Crippen molar-refractivity contribution in [2.45, 2.75) is 33.7 Å². The van der Waals surface area contributed by atoms with Crippen LogP contribution < -0.4 is 0 Å². The van der Waals surface area contributed by atoms with E-state index < -0.39 is 5.97 Å². The molecular formula is C15H19NO2. The number of carboxylic acids is 1. The lowest BCUT2D eigenvalue weighted by molar-refractivity contribution is -0.141. The second kappa shape index (κ2) is 4.84. The van der Waals surface area contributed by atoms with Crippen LogP contribution >= 0.6 is 0 Å². The normalized spacial score (nSPS) is 12.8. The second-order valence-electron chi connectivity index (χ2n) is 4.85. The highest BCUT2D eigenvalue weighted by Crippen LogP contribution is 2.26. The number of hydrogen-bond donors (Lipinski definition) is 1. The van der Waals surface area contributed by atoms with Gasteiger partial charge in [-0.15, -0.1) is 0 Å². The highest BCUT2D eigenvalue weighted by molar-refractivity contribution is 5.87. The minimum atomic E-state index is -0.738. The molecule has 3 heteroatoms. The van der Waals surface area contributed by atoms with Crippen molar-refractivity contribution >= 4 is 16.9 Å². The predicted molar refractivity (Wildman–Crippen MR) is 72.9 cm³/mol. The number of nitrogens with zero attached hydrogens (tertiary/aromatic N) is 1. The summed E-state index contributed by atoms with van der Waals surface area (Å²) in [5.74, 6) is -1.09. The molecule has 3 nitrogen and oxygen atoms in total. The van der Waals surface area contributed by atoms with Gasteiger partial charge >= 0.3 is 5.97 Å². The summed E-state index contributed by atoms with van der Waals surface area (Å²) in [6.07, 6.45) is 2.72. The van der Waals surface area contributed by atoms with Crippen LogP contribution in [0.15, 0.2) is 24.4 Å². The van der Waals surface area contributed by atoms with E-state index in [4.69, 9.17) is 5.11 Å². The highest BCUT2D eigenvalue weighted by Gasteiger charge is 2.15. The van der Waals surface area contributed by atoms with Crippen LogP contribution in [0, 0.1) is 12.8 Å². The molecule has 1 atom stereocenters. The quantitative estimate of drug-likeness (QED) is 0.898. The fourth-order valence-corrected chi connectivity index (χ4v) is 2.45. The van der Waals surface area contributed by atoms with E-state index in [-0.39, 0.29) is 5.92 Å². The van der Waals surface area contributed by atoms with Gasteiger partial charge < -0.3 is 9.67 Å². The van der Waals surface area contributed by atoms with E-state index in [1.165, 1.54) is 16.5 Å². The van der Waals surface area contributed by atoms with Crippen LogP contribution in [0.25, 0.3) is 10.9 Å². The Morgan fingerprint density at radius 1 is 1.44 bits per heavy atom. The number of fused-ring (bicyclic) bond motifs is 1. The smallest absolute Gasteiger partial charge is 0.306 e. The summed E-state index contributed by atoms with van der Waals surface area (Å²) in [6.45, 7) is 6.87. The Morgan fingerprint density at radius 2 is 2.17 bits per heavy atom. The number of aliphatic carboxylic acids is 1. The van der Waals surface area contributed by atoms with Gasteiger partial charge in [0.25, 0.3) is 0 Å². The van der Waals surface area contributed by atoms with E-state index in [1.807, 2.05) is 12.1 Å². The molecule has 0 saturated carbocycles. The lowest BCUT2D eigenvalue weighted by atomic mass is 9.99. The van der Waals surface area contributed by atoms with Gasteiger partial charge in [-0.2, -0.15) is 0 Å². The molecule has 0 saturated heterocycles. The maximum atomic E-state index is 11.0. The fraction of sp³-hybridized carbons (Fsp3) is 0.400. The highest BCUT2D eigenvalue weighted by atomic mass is 16.4. The maximum Gasteiger partial charge on any atom is 0.306 e. The van der Waals surface area contributed by atoms with Crippen LogP contribution in [0.1, 0.15) is 25.0 Å². The van der Waals surface area contributed by atoms with E-state index in [2.05, 4.69) is 30.7 Å². The first-order valence-corrected chi connectivity index (χ1v) is 6.34. The van der Waals surface area contributed by atoms with Gasteiger partial charge in [0.1, 0.15) is 0 Å². The third kappa shape index (κ3) is 2.13. The van der Waals surface area contributed by atoms with Crippen molar-refractivity contribution in [2.75, 3.05) is 0 Å². The number of hydrogen-bond acceptors (Lipinski definition) is 1. The van der Waals surface area contributed by atoms with Crippen LogP contribution in [-0.4, -0.2) is 15.6 Å². The van der Waals surface area contributed by atoms with Gasteiger partial charge in [-0.05, 0) is 31.4 Å². The third-order valence-electron chi connectivity index (χ3n) is 3.47. The van der Waals surface area contributed by atoms with Gasteiger partial charge in [-0.25, -0.2) is 0 Å². The minimum absolute atomic E-state index is 0.351. The van der Waals surface area contributed by atoms with Crippen LogP contribution in [0.3, 0.4) is 0 Å². The molecule has 1 heterocycles. The summed E-state index contributed by atoms with van der Waals surface area (Å²) in [4.78, 5) is 11.0. The lowest BCUT2D eigenvalue weighted by Crippen LogP contribution is -2.13. The van der Waals surface area contributed by atoms with Gasteiger partial charge in [-0.3, -0.25) is 4.79 Å². The van der Waals surface area contributed by atoms with Crippen molar-refractivity contribution in [3.63, 3.8) is 0 Å². The van der Waals surface area contributed by atoms with Gasteiger partial charge in [-0.1, -0.05) is 25.1 Å². The Bertz CT molecular complexity index is 583. The summed E-state index contributed by atoms with van der Waals surface area (Å²) in [6, 6.07) is 6.15. The number of carbonyl (C=O) groups is 1. The summed E-state index contributed by atoms with van der Waals surface area (Å²) >= 11 is 0. The van der Waals surface area contributed by atoms with Gasteiger partial charge in [0.2, 0.25) is 0 Å². The van der Waals surface area contributed by atoms with Gasteiger partial charge in [0.05, 0.1) is 11.4 Å². The number of aryl methyl sites for hydroxylation is 2. The Labute approximate surface area is 107 Å². The first-order valence-electron chi connectivity index (χ1n) is 6.34. The van der Waals surface area contributed by atoms with E-state index in [1.54, 1.807) is 6.92 Å². The lowest BCUT2D eigenvalue weighted by Gasteiger charge is -2.10. The molecule has 0 bridgehead atoms. The summed E-state index contributed by atoms with van der Waals surface area (Å²) in [5.41, 5.74) is 3.56. The molecule has 2 aromatic rings. The monoisotopic (exact) mass is 245 g/mol. The van der Waals surface area contributed by atoms with Crippen molar-refractivity contribution in [1.29, 1.82) is 0 Å². The first kappa shape index (κ1) is 12.7. The number of aromatic nitrogens is 1. The topological polar surface area (TPSA) is 42.2 Å². The van der Waals surface area contributed by atoms with E-state index in [9.17, 15) is 4.79 Å². The van der Waals surface area contributed by atoms with Crippen molar-refractivity contribution in [1.82, 2.24) is 4.57 Å². The SMILES string of the molecule is CCn1cc(C)c2cccc(CC(C)C(=O)O)c21. The molecule has 0 fully saturated rings. The molecular weight excluding hydrogens is 226 g/mol. The number of para-hydroxylation sites is 1. The molecule has 0 aliphatic rings. The number of benzene rings is 1. The molecule has 18 heavy (non-hydrogen) atoms. The molecule has 0 aliphatic heterocycles. The Balaban J connectivity index is 2.53. The minimum Gasteiger partial charge on any atom is -0.481 e. The number of rotatable bonds is 4. The van der Waals surface area contributed by atoms with Crippen LogP contribution in [-0.2, 0) is 17.8 Å². The van der Waals surface area contributed by atoms with Crippen LogP contribution in [0.2, 0.25) is 0 Å². The second-order valence-corrected chi connectivity index (χ2v) is 4.85. The zero-order valence-corrected chi connectivity index (χ0v) is 11.1. The molecule has 1 aromatic heterocycles. The molecule has 2 rings (SSSR count). The predicted octanol–water partition coefficient (Wildman–Crippen LogP) is 3.23. The van der Waals surface area contributed by atoms with Gasteiger partial charge in [0.15, 0.2) is 0 Å². The molecule has 1 N–H and O–H groups in total. The van der Waals surface area contributed by atoms with Crippen molar-refractivity contribution in [2.24, 2.45) is 5.92 Å². The van der Waals surface area contributed by atoms with Gasteiger partial charge in [0, 0.05) is 18.1 Å². The van der Waals surface area contributed by atoms with E-state index in [0.717, 1.165) is 12.1 Å². The molecule has 0 amide bonds. The van der Waals surface area contributed by atoms with E-state index >= 15 is 0 Å².